The van der Waals surface area contributed by atoms with Gasteiger partial charge in [0.05, 0.1) is 8.07 Å². The molecule has 0 saturated heterocycles. The summed E-state index contributed by atoms with van der Waals surface area (Å²) < 4.78 is 0. The quantitative estimate of drug-likeness (QED) is 0.592. The van der Waals surface area contributed by atoms with E-state index in [1.165, 1.54) is 26.7 Å². The van der Waals surface area contributed by atoms with Crippen LogP contribution in [0, 0.1) is 13.8 Å². The largest absolute Gasteiger partial charge is 0.214 e. The Labute approximate surface area is 135 Å². The lowest BCUT2D eigenvalue weighted by molar-refractivity contribution is 1.48. The number of halogens is 1. The number of aryl methyl sites for hydroxylation is 2. The second kappa shape index (κ2) is 5.75. The van der Waals surface area contributed by atoms with Crippen molar-refractivity contribution in [2.24, 2.45) is 0 Å². The standard InChI is InChI=1S/C18H25ClSi2/c1-14-7-9-16(10-8-14)21(6,19)18-12-15(2)11-17(13-18)20(3,4)5/h7-13H,1-6H3. The van der Waals surface area contributed by atoms with E-state index in [0.29, 0.717) is 0 Å². The predicted molar refractivity (Wildman–Crippen MR) is 102 cm³/mol. The van der Waals surface area contributed by atoms with Crippen LogP contribution in [-0.4, -0.2) is 15.5 Å². The monoisotopic (exact) mass is 332 g/mol. The summed E-state index contributed by atoms with van der Waals surface area (Å²) in [5.74, 6) is 0. The fourth-order valence-electron chi connectivity index (χ4n) is 2.52. The van der Waals surface area contributed by atoms with Gasteiger partial charge in [0.25, 0.3) is 0 Å². The first-order valence-corrected chi connectivity index (χ1v) is 14.5. The van der Waals surface area contributed by atoms with Crippen LogP contribution in [0.15, 0.2) is 42.5 Å². The van der Waals surface area contributed by atoms with Gasteiger partial charge in [-0.1, -0.05) is 78.4 Å². The van der Waals surface area contributed by atoms with E-state index in [9.17, 15) is 0 Å². The van der Waals surface area contributed by atoms with Gasteiger partial charge in [0, 0.05) is 0 Å². The molecule has 0 aromatic heterocycles. The molecule has 0 spiro atoms. The molecule has 0 aliphatic heterocycles. The molecule has 2 aromatic rings. The second-order valence-corrected chi connectivity index (χ2v) is 17.7. The zero-order valence-electron chi connectivity index (χ0n) is 13.9. The summed E-state index contributed by atoms with van der Waals surface area (Å²) in [5, 5.41) is 4.14. The van der Waals surface area contributed by atoms with Crippen LogP contribution in [0.5, 0.6) is 0 Å². The summed E-state index contributed by atoms with van der Waals surface area (Å²) >= 11 is 7.09. The predicted octanol–water partition coefficient (Wildman–Crippen LogP) is 3.78. The highest BCUT2D eigenvalue weighted by Crippen LogP contribution is 2.13. The van der Waals surface area contributed by atoms with E-state index >= 15 is 0 Å². The van der Waals surface area contributed by atoms with Crippen molar-refractivity contribution in [1.82, 2.24) is 0 Å². The van der Waals surface area contributed by atoms with Crippen LogP contribution < -0.4 is 15.6 Å². The van der Waals surface area contributed by atoms with Gasteiger partial charge in [-0.3, -0.25) is 0 Å². The summed E-state index contributed by atoms with van der Waals surface area (Å²) in [7, 11) is -3.45. The molecule has 0 N–H and O–H groups in total. The molecule has 1 atom stereocenters. The Balaban J connectivity index is 2.54. The van der Waals surface area contributed by atoms with Crippen molar-refractivity contribution in [3.8, 4) is 0 Å². The van der Waals surface area contributed by atoms with Crippen molar-refractivity contribution in [2.45, 2.75) is 40.0 Å². The van der Waals surface area contributed by atoms with Crippen LogP contribution in [0.4, 0.5) is 0 Å². The maximum Gasteiger partial charge on any atom is 0.214 e. The van der Waals surface area contributed by atoms with Gasteiger partial charge in [-0.2, -0.15) is 11.1 Å². The van der Waals surface area contributed by atoms with E-state index in [1.807, 2.05) is 0 Å². The Kier molecular flexibility index (Phi) is 4.53. The van der Waals surface area contributed by atoms with Gasteiger partial charge in [0.2, 0.25) is 7.38 Å². The van der Waals surface area contributed by atoms with Crippen molar-refractivity contribution in [1.29, 1.82) is 0 Å². The summed E-state index contributed by atoms with van der Waals surface area (Å²) in [6, 6.07) is 15.7. The van der Waals surface area contributed by atoms with Gasteiger partial charge in [0.15, 0.2) is 0 Å². The lowest BCUT2D eigenvalue weighted by atomic mass is 10.2. The third-order valence-corrected chi connectivity index (χ3v) is 10.2. The van der Waals surface area contributed by atoms with Crippen LogP contribution in [0.25, 0.3) is 0 Å². The van der Waals surface area contributed by atoms with Gasteiger partial charge < -0.3 is 0 Å². The third kappa shape index (κ3) is 3.68. The third-order valence-electron chi connectivity index (χ3n) is 4.08. The first kappa shape index (κ1) is 16.5. The van der Waals surface area contributed by atoms with E-state index in [2.05, 4.69) is 82.5 Å². The SMILES string of the molecule is Cc1ccc([Si](C)(Cl)c2cc(C)cc([Si](C)(C)C)c2)cc1. The molecular weight excluding hydrogens is 308 g/mol. The number of rotatable bonds is 3. The van der Waals surface area contributed by atoms with E-state index in [0.717, 1.165) is 0 Å². The molecule has 0 nitrogen and oxygen atoms in total. The summed E-state index contributed by atoms with van der Waals surface area (Å²) in [4.78, 5) is 0. The highest BCUT2D eigenvalue weighted by atomic mass is 35.6. The van der Waals surface area contributed by atoms with Crippen LogP contribution in [0.2, 0.25) is 26.2 Å². The van der Waals surface area contributed by atoms with E-state index < -0.39 is 15.5 Å². The highest BCUT2D eigenvalue weighted by Gasteiger charge is 2.31. The number of benzene rings is 2. The van der Waals surface area contributed by atoms with E-state index in [1.54, 1.807) is 0 Å². The molecule has 0 bridgehead atoms. The minimum Gasteiger partial charge on any atom is -0.155 e. The van der Waals surface area contributed by atoms with Crippen LogP contribution >= 0.6 is 11.1 Å². The minimum atomic E-state index is -2.13. The molecule has 2 rings (SSSR count). The molecular formula is C18H25ClSi2. The summed E-state index contributed by atoms with van der Waals surface area (Å²) in [5.41, 5.74) is 2.61. The smallest absolute Gasteiger partial charge is 0.155 e. The molecule has 2 aromatic carbocycles. The maximum atomic E-state index is 7.09. The average Bonchev–Trinajstić information content (AvgIpc) is 2.37. The van der Waals surface area contributed by atoms with Gasteiger partial charge in [-0.25, -0.2) is 0 Å². The Morgan fingerprint density at radius 3 is 1.71 bits per heavy atom. The van der Waals surface area contributed by atoms with Crippen LogP contribution in [-0.2, 0) is 0 Å². The first-order chi connectivity index (χ1) is 9.60. The zero-order chi connectivity index (χ0) is 15.8. The molecule has 112 valence electrons. The van der Waals surface area contributed by atoms with Crippen molar-refractivity contribution in [2.75, 3.05) is 0 Å². The normalized spacial score (nSPS) is 14.8. The molecule has 0 amide bonds. The molecule has 0 heterocycles. The first-order valence-electron chi connectivity index (χ1n) is 7.49. The molecule has 3 heteroatoms. The fraction of sp³-hybridized carbons (Fsp3) is 0.333. The van der Waals surface area contributed by atoms with Crippen molar-refractivity contribution >= 4 is 42.1 Å². The van der Waals surface area contributed by atoms with Gasteiger partial charge in [0.1, 0.15) is 0 Å². The summed E-state index contributed by atoms with van der Waals surface area (Å²) in [6.45, 7) is 13.7. The topological polar surface area (TPSA) is 0 Å². The molecule has 0 aliphatic rings. The molecule has 0 radical (unpaired) electrons. The Hall–Kier alpha value is -0.836. The Bertz CT molecular complexity index is 637. The van der Waals surface area contributed by atoms with Crippen molar-refractivity contribution in [3.63, 3.8) is 0 Å². The number of hydrogen-bond donors (Lipinski definition) is 0. The van der Waals surface area contributed by atoms with Crippen LogP contribution in [0.3, 0.4) is 0 Å². The average molecular weight is 333 g/mol. The highest BCUT2D eigenvalue weighted by molar-refractivity contribution is 7.33. The van der Waals surface area contributed by atoms with E-state index in [-0.39, 0.29) is 0 Å². The Morgan fingerprint density at radius 1 is 0.667 bits per heavy atom. The lowest BCUT2D eigenvalue weighted by Crippen LogP contribution is -2.53. The van der Waals surface area contributed by atoms with Gasteiger partial charge in [-0.15, -0.1) is 0 Å². The van der Waals surface area contributed by atoms with Crippen molar-refractivity contribution < 1.29 is 0 Å². The molecule has 1 unspecified atom stereocenters. The second-order valence-electron chi connectivity index (χ2n) is 7.21. The maximum absolute atomic E-state index is 7.09. The Morgan fingerprint density at radius 2 is 1.19 bits per heavy atom. The van der Waals surface area contributed by atoms with E-state index in [4.69, 9.17) is 11.1 Å². The van der Waals surface area contributed by atoms with Gasteiger partial charge >= 0.3 is 0 Å². The fourth-order valence-corrected chi connectivity index (χ4v) is 6.67. The molecule has 0 fully saturated rings. The molecule has 0 aliphatic carbocycles. The van der Waals surface area contributed by atoms with Crippen LogP contribution in [0.1, 0.15) is 11.1 Å². The number of hydrogen-bond acceptors (Lipinski definition) is 0. The minimum absolute atomic E-state index is 1.28. The summed E-state index contributed by atoms with van der Waals surface area (Å²) in [6.07, 6.45) is 0. The van der Waals surface area contributed by atoms with Crippen molar-refractivity contribution in [3.05, 3.63) is 53.6 Å². The van der Waals surface area contributed by atoms with Gasteiger partial charge in [-0.05, 0) is 30.8 Å². The molecule has 0 saturated carbocycles. The zero-order valence-corrected chi connectivity index (χ0v) is 16.7. The molecule has 21 heavy (non-hydrogen) atoms. The lowest BCUT2D eigenvalue weighted by Gasteiger charge is -2.25.